The van der Waals surface area contributed by atoms with Gasteiger partial charge in [0, 0.05) is 0 Å². The van der Waals surface area contributed by atoms with Gasteiger partial charge in [-0.25, -0.2) is 8.42 Å². The van der Waals surface area contributed by atoms with Crippen molar-refractivity contribution >= 4 is 15.8 Å². The molecule has 11 heteroatoms. The van der Waals surface area contributed by atoms with Crippen LogP contribution in [0.5, 0.6) is 0 Å². The molecule has 1 aromatic carbocycles. The van der Waals surface area contributed by atoms with Gasteiger partial charge in [0.05, 0.1) is 27.7 Å². The highest BCUT2D eigenvalue weighted by Gasteiger charge is 2.38. The van der Waals surface area contributed by atoms with Crippen molar-refractivity contribution < 1.29 is 44.7 Å². The fourth-order valence-electron chi connectivity index (χ4n) is 1.34. The molecule has 0 heterocycles. The summed E-state index contributed by atoms with van der Waals surface area (Å²) in [7, 11) is -4.89. The highest BCUT2D eigenvalue weighted by molar-refractivity contribution is 7.92. The predicted octanol–water partition coefficient (Wildman–Crippen LogP) is 1.25. The third-order valence-electron chi connectivity index (χ3n) is 2.23. The maximum absolute atomic E-state index is 12.5. The summed E-state index contributed by atoms with van der Waals surface area (Å²) in [5.74, 6) is -3.88. The van der Waals surface area contributed by atoms with Gasteiger partial charge in [-0.05, 0) is 18.2 Å². The molecule has 0 bridgehead atoms. The minimum atomic E-state index is -5.23. The second-order valence-electron chi connectivity index (χ2n) is 3.87. The molecule has 0 spiro atoms. The number of aliphatic carboxylic acids is 1. The average Bonchev–Trinajstić information content (AvgIpc) is 2.24. The molecule has 0 fully saturated rings. The second-order valence-corrected chi connectivity index (χ2v) is 5.86. The third-order valence-corrected chi connectivity index (χ3v) is 3.80. The molecule has 0 atom stereocenters. The number of rotatable bonds is 3. The predicted molar refractivity (Wildman–Crippen MR) is 53.5 cm³/mol. The molecule has 0 saturated carbocycles. The van der Waals surface area contributed by atoms with Gasteiger partial charge in [-0.1, -0.05) is 0 Å². The second kappa shape index (κ2) is 5.20. The van der Waals surface area contributed by atoms with Crippen LogP contribution in [-0.2, 0) is 27.0 Å². The minimum absolute atomic E-state index is 0.0620. The van der Waals surface area contributed by atoms with E-state index in [2.05, 4.69) is 0 Å². The third kappa shape index (κ3) is 4.34. The van der Waals surface area contributed by atoms with Crippen LogP contribution in [0.15, 0.2) is 23.1 Å². The first kappa shape index (κ1) is 17.3. The van der Waals surface area contributed by atoms with E-state index in [9.17, 15) is 44.7 Å². The van der Waals surface area contributed by atoms with Crippen LogP contribution in [-0.4, -0.2) is 20.1 Å². The Labute approximate surface area is 113 Å². The number of hydrogen-bond acceptors (Lipinski definition) is 4. The van der Waals surface area contributed by atoms with Crippen molar-refractivity contribution in [3.05, 3.63) is 29.3 Å². The molecule has 1 aromatic rings. The van der Waals surface area contributed by atoms with E-state index in [1.807, 2.05) is 0 Å². The summed E-state index contributed by atoms with van der Waals surface area (Å²) in [5.41, 5.74) is -3.71. The summed E-state index contributed by atoms with van der Waals surface area (Å²) < 4.78 is 97.9. The zero-order valence-corrected chi connectivity index (χ0v) is 10.6. The van der Waals surface area contributed by atoms with Gasteiger partial charge in [0.15, 0.2) is 9.84 Å². The van der Waals surface area contributed by atoms with Gasteiger partial charge in [-0.3, -0.25) is 0 Å². The lowest BCUT2D eigenvalue weighted by atomic mass is 10.1. The van der Waals surface area contributed by atoms with Crippen LogP contribution >= 0.6 is 0 Å². The van der Waals surface area contributed by atoms with E-state index in [-0.39, 0.29) is 18.2 Å². The summed E-state index contributed by atoms with van der Waals surface area (Å²) in [6.07, 6.45) is -10.5. The molecule has 0 aromatic heterocycles. The Balaban J connectivity index is 3.57. The Hall–Kier alpha value is -1.78. The number of benzene rings is 1. The zero-order chi connectivity index (χ0) is 16.6. The van der Waals surface area contributed by atoms with Gasteiger partial charge in [0.2, 0.25) is 0 Å². The van der Waals surface area contributed by atoms with E-state index >= 15 is 0 Å². The van der Waals surface area contributed by atoms with Crippen molar-refractivity contribution in [3.63, 3.8) is 0 Å². The molecule has 0 radical (unpaired) electrons. The minimum Gasteiger partial charge on any atom is -0.549 e. The molecule has 0 aliphatic heterocycles. The molecule has 0 unspecified atom stereocenters. The molecule has 1 rings (SSSR count). The van der Waals surface area contributed by atoms with E-state index in [0.29, 0.717) is 0 Å². The average molecular weight is 335 g/mol. The quantitative estimate of drug-likeness (QED) is 0.779. The van der Waals surface area contributed by atoms with Crippen LogP contribution in [0.4, 0.5) is 26.3 Å². The molecule has 0 aliphatic carbocycles. The lowest BCUT2D eigenvalue weighted by molar-refractivity contribution is -0.301. The molecule has 0 saturated heterocycles. The van der Waals surface area contributed by atoms with Gasteiger partial charge in [0.25, 0.3) is 0 Å². The summed E-state index contributed by atoms with van der Waals surface area (Å²) in [6, 6.07) is -0.390. The molecule has 0 aliphatic rings. The fraction of sp³-hybridized carbons (Fsp3) is 0.300. The van der Waals surface area contributed by atoms with E-state index in [1.165, 1.54) is 0 Å². The Morgan fingerprint density at radius 1 is 0.952 bits per heavy atom. The highest BCUT2D eigenvalue weighted by Crippen LogP contribution is 2.37. The maximum Gasteiger partial charge on any atom is 0.416 e. The van der Waals surface area contributed by atoms with Gasteiger partial charge in [-0.2, -0.15) is 26.3 Å². The monoisotopic (exact) mass is 335 g/mol. The number of hydrogen-bond donors (Lipinski definition) is 0. The Morgan fingerprint density at radius 2 is 1.33 bits per heavy atom. The van der Waals surface area contributed by atoms with Crippen molar-refractivity contribution in [1.82, 2.24) is 0 Å². The number of sulfone groups is 1. The number of carboxylic acid groups (broad SMARTS) is 1. The van der Waals surface area contributed by atoms with Crippen molar-refractivity contribution in [1.29, 1.82) is 0 Å². The first-order chi connectivity index (χ1) is 9.23. The highest BCUT2D eigenvalue weighted by atomic mass is 32.2. The fourth-order valence-corrected chi connectivity index (χ4v) is 2.43. The van der Waals surface area contributed by atoms with E-state index in [4.69, 9.17) is 0 Å². The van der Waals surface area contributed by atoms with Crippen LogP contribution in [0.3, 0.4) is 0 Å². The number of carbonyl (C=O) groups excluding carboxylic acids is 1. The lowest BCUT2D eigenvalue weighted by Crippen LogP contribution is -2.31. The van der Waals surface area contributed by atoms with Crippen LogP contribution in [0.1, 0.15) is 11.1 Å². The van der Waals surface area contributed by atoms with Crippen LogP contribution in [0, 0.1) is 0 Å². The van der Waals surface area contributed by atoms with Crippen molar-refractivity contribution in [2.45, 2.75) is 17.2 Å². The summed E-state index contributed by atoms with van der Waals surface area (Å²) in [4.78, 5) is 8.82. The molecular weight excluding hydrogens is 330 g/mol. The molecule has 0 amide bonds. The molecule has 118 valence electrons. The maximum atomic E-state index is 12.5. The van der Waals surface area contributed by atoms with E-state index in [0.717, 1.165) is 0 Å². The van der Waals surface area contributed by atoms with Gasteiger partial charge in [-0.15, -0.1) is 0 Å². The normalized spacial score (nSPS) is 13.2. The molecule has 21 heavy (non-hydrogen) atoms. The number of alkyl halides is 6. The van der Waals surface area contributed by atoms with Gasteiger partial charge >= 0.3 is 12.4 Å². The summed E-state index contributed by atoms with van der Waals surface area (Å²) >= 11 is 0. The zero-order valence-electron chi connectivity index (χ0n) is 9.75. The van der Waals surface area contributed by atoms with Crippen LogP contribution in [0.2, 0.25) is 0 Å². The summed E-state index contributed by atoms with van der Waals surface area (Å²) in [5, 5.41) is 10.2. The van der Waals surface area contributed by atoms with Crippen LogP contribution in [0.25, 0.3) is 0 Å². The topological polar surface area (TPSA) is 74.3 Å². The largest absolute Gasteiger partial charge is 0.549 e. The number of carbonyl (C=O) groups is 1. The number of halogens is 6. The van der Waals surface area contributed by atoms with Gasteiger partial charge in [0.1, 0.15) is 0 Å². The molecule has 4 nitrogen and oxygen atoms in total. The first-order valence-electron chi connectivity index (χ1n) is 4.95. The standard InChI is InChI=1S/C10H6F6O4S/c11-9(12,13)5-1-6(10(14,15)16)3-7(2-5)21(19,20)4-8(17)18/h1-3H,4H2,(H,17,18)/p-1. The number of carboxylic acids is 1. The van der Waals surface area contributed by atoms with E-state index < -0.39 is 49.9 Å². The first-order valence-corrected chi connectivity index (χ1v) is 6.61. The Bertz CT molecular complexity index is 627. The summed E-state index contributed by atoms with van der Waals surface area (Å²) in [6.45, 7) is 0. The van der Waals surface area contributed by atoms with Crippen molar-refractivity contribution in [2.75, 3.05) is 5.75 Å². The van der Waals surface area contributed by atoms with Crippen LogP contribution < -0.4 is 5.11 Å². The van der Waals surface area contributed by atoms with Crippen molar-refractivity contribution in [2.24, 2.45) is 0 Å². The smallest absolute Gasteiger partial charge is 0.416 e. The SMILES string of the molecule is O=C([O-])CS(=O)(=O)c1cc(C(F)(F)F)cc(C(F)(F)F)c1. The van der Waals surface area contributed by atoms with E-state index in [1.54, 1.807) is 0 Å². The Morgan fingerprint density at radius 3 is 1.62 bits per heavy atom. The molecule has 0 N–H and O–H groups in total. The lowest BCUT2D eigenvalue weighted by Gasteiger charge is -2.14. The molecular formula is C10H5F6O4S-. The Kier molecular flexibility index (Phi) is 4.28. The van der Waals surface area contributed by atoms with Crippen molar-refractivity contribution in [3.8, 4) is 0 Å². The van der Waals surface area contributed by atoms with Gasteiger partial charge < -0.3 is 9.90 Å².